The predicted molar refractivity (Wildman–Crippen MR) is 108 cm³/mol. The lowest BCUT2D eigenvalue weighted by atomic mass is 9.78. The van der Waals surface area contributed by atoms with Crippen LogP contribution in [0, 0.1) is 0 Å². The Kier molecular flexibility index (Phi) is 5.38. The monoisotopic (exact) mass is 401 g/mol. The highest BCUT2D eigenvalue weighted by Gasteiger charge is 2.33. The van der Waals surface area contributed by atoms with Crippen molar-refractivity contribution in [3.05, 3.63) is 69.2 Å². The van der Waals surface area contributed by atoms with Gasteiger partial charge in [-0.2, -0.15) is 0 Å². The average Bonchev–Trinajstić information content (AvgIpc) is 2.59. The van der Waals surface area contributed by atoms with Crippen molar-refractivity contribution in [2.24, 2.45) is 0 Å². The van der Waals surface area contributed by atoms with Crippen molar-refractivity contribution < 1.29 is 5.11 Å². The zero-order valence-electron chi connectivity index (χ0n) is 15.4. The standard InChI is InChI=1S/C22H28BrNO/c1-21(2,3)19-6-4-5-16(11-19)14-24-22(15-25)10-9-17-12-20(23)8-7-18(17)13-22/h4-8,11-12,24-25H,9-10,13-15H2,1-3H3. The van der Waals surface area contributed by atoms with Gasteiger partial charge in [0.2, 0.25) is 0 Å². The number of fused-ring (bicyclic) bond motifs is 1. The van der Waals surface area contributed by atoms with Gasteiger partial charge < -0.3 is 10.4 Å². The summed E-state index contributed by atoms with van der Waals surface area (Å²) in [6.07, 6.45) is 2.85. The summed E-state index contributed by atoms with van der Waals surface area (Å²) in [6, 6.07) is 15.3. The predicted octanol–water partition coefficient (Wildman–Crippen LogP) is 4.76. The number of aliphatic hydroxyl groups excluding tert-OH is 1. The molecule has 0 saturated carbocycles. The first kappa shape index (κ1) is 18.6. The number of hydrogen-bond acceptors (Lipinski definition) is 2. The van der Waals surface area contributed by atoms with Crippen LogP contribution in [0.2, 0.25) is 0 Å². The van der Waals surface area contributed by atoms with Crippen LogP contribution in [0.15, 0.2) is 46.9 Å². The fraction of sp³-hybridized carbons (Fsp3) is 0.455. The van der Waals surface area contributed by atoms with Crippen molar-refractivity contribution in [2.45, 2.75) is 57.5 Å². The van der Waals surface area contributed by atoms with Gasteiger partial charge in [0.05, 0.1) is 6.61 Å². The van der Waals surface area contributed by atoms with Gasteiger partial charge in [0.1, 0.15) is 0 Å². The van der Waals surface area contributed by atoms with Crippen LogP contribution in [0.1, 0.15) is 49.4 Å². The molecule has 1 unspecified atom stereocenters. The Balaban J connectivity index is 1.74. The molecule has 3 heteroatoms. The Hall–Kier alpha value is -1.16. The normalized spacial score (nSPS) is 20.4. The van der Waals surface area contributed by atoms with Crippen LogP contribution in [0.3, 0.4) is 0 Å². The number of benzene rings is 2. The highest BCUT2D eigenvalue weighted by Crippen LogP contribution is 2.31. The fourth-order valence-electron chi connectivity index (χ4n) is 3.61. The first-order valence-corrected chi connectivity index (χ1v) is 9.83. The fourth-order valence-corrected chi connectivity index (χ4v) is 4.01. The first-order chi connectivity index (χ1) is 11.8. The minimum Gasteiger partial charge on any atom is -0.394 e. The maximum atomic E-state index is 10.1. The van der Waals surface area contributed by atoms with E-state index in [-0.39, 0.29) is 17.6 Å². The SMILES string of the molecule is CC(C)(C)c1cccc(CNC2(CO)CCc3cc(Br)ccc3C2)c1. The Labute approximate surface area is 159 Å². The largest absolute Gasteiger partial charge is 0.394 e. The third kappa shape index (κ3) is 4.33. The molecule has 0 saturated heterocycles. The number of nitrogens with one attached hydrogen (secondary N) is 1. The Morgan fingerprint density at radius 3 is 2.64 bits per heavy atom. The molecule has 0 radical (unpaired) electrons. The van der Waals surface area contributed by atoms with E-state index < -0.39 is 0 Å². The average molecular weight is 402 g/mol. The zero-order valence-corrected chi connectivity index (χ0v) is 17.0. The minimum atomic E-state index is -0.224. The molecule has 2 aromatic carbocycles. The molecule has 1 aliphatic rings. The quantitative estimate of drug-likeness (QED) is 0.773. The second-order valence-electron chi connectivity index (χ2n) is 8.33. The van der Waals surface area contributed by atoms with Gasteiger partial charge in [0.25, 0.3) is 0 Å². The summed E-state index contributed by atoms with van der Waals surface area (Å²) in [4.78, 5) is 0. The number of hydrogen-bond donors (Lipinski definition) is 2. The van der Waals surface area contributed by atoms with Gasteiger partial charge in [-0.15, -0.1) is 0 Å². The second-order valence-corrected chi connectivity index (χ2v) is 9.25. The van der Waals surface area contributed by atoms with E-state index in [0.717, 1.165) is 30.3 Å². The third-order valence-electron chi connectivity index (χ3n) is 5.33. The molecule has 0 heterocycles. The number of rotatable bonds is 4. The van der Waals surface area contributed by atoms with Gasteiger partial charge in [-0.3, -0.25) is 0 Å². The Morgan fingerprint density at radius 2 is 1.92 bits per heavy atom. The lowest BCUT2D eigenvalue weighted by Gasteiger charge is -2.38. The maximum Gasteiger partial charge on any atom is 0.0616 e. The van der Waals surface area contributed by atoms with E-state index in [1.54, 1.807) is 0 Å². The summed E-state index contributed by atoms with van der Waals surface area (Å²) in [5.74, 6) is 0. The molecular weight excluding hydrogens is 374 g/mol. The third-order valence-corrected chi connectivity index (χ3v) is 5.83. The molecule has 3 rings (SSSR count). The van der Waals surface area contributed by atoms with Crippen molar-refractivity contribution in [2.75, 3.05) is 6.61 Å². The Morgan fingerprint density at radius 1 is 1.12 bits per heavy atom. The van der Waals surface area contributed by atoms with E-state index in [1.165, 1.54) is 22.3 Å². The molecule has 1 atom stereocenters. The molecule has 0 spiro atoms. The maximum absolute atomic E-state index is 10.1. The topological polar surface area (TPSA) is 32.3 Å². The van der Waals surface area contributed by atoms with Gasteiger partial charge in [0, 0.05) is 16.6 Å². The van der Waals surface area contributed by atoms with E-state index in [9.17, 15) is 5.11 Å². The van der Waals surface area contributed by atoms with Crippen LogP contribution in [0.5, 0.6) is 0 Å². The van der Waals surface area contributed by atoms with E-state index in [0.29, 0.717) is 0 Å². The minimum absolute atomic E-state index is 0.155. The number of halogens is 1. The van der Waals surface area contributed by atoms with Crippen LogP contribution in [0.4, 0.5) is 0 Å². The van der Waals surface area contributed by atoms with Crippen LogP contribution in [-0.4, -0.2) is 17.3 Å². The van der Waals surface area contributed by atoms with Crippen molar-refractivity contribution in [1.29, 1.82) is 0 Å². The molecule has 2 aromatic rings. The molecule has 2 N–H and O–H groups in total. The van der Waals surface area contributed by atoms with Gasteiger partial charge in [-0.25, -0.2) is 0 Å². The summed E-state index contributed by atoms with van der Waals surface area (Å²) >= 11 is 3.55. The summed E-state index contributed by atoms with van der Waals surface area (Å²) in [5, 5.41) is 13.8. The highest BCUT2D eigenvalue weighted by molar-refractivity contribution is 9.10. The smallest absolute Gasteiger partial charge is 0.0616 e. The lowest BCUT2D eigenvalue weighted by Crippen LogP contribution is -2.52. The van der Waals surface area contributed by atoms with Gasteiger partial charge in [0.15, 0.2) is 0 Å². The molecule has 0 aromatic heterocycles. The summed E-state index contributed by atoms with van der Waals surface area (Å²) < 4.78 is 1.13. The van der Waals surface area contributed by atoms with Gasteiger partial charge in [-0.05, 0) is 59.1 Å². The molecule has 0 bridgehead atoms. The molecule has 25 heavy (non-hydrogen) atoms. The van der Waals surface area contributed by atoms with Crippen molar-refractivity contribution in [1.82, 2.24) is 5.32 Å². The molecule has 0 amide bonds. The van der Waals surface area contributed by atoms with Crippen molar-refractivity contribution in [3.8, 4) is 0 Å². The first-order valence-electron chi connectivity index (χ1n) is 9.04. The van der Waals surface area contributed by atoms with E-state index in [1.807, 2.05) is 0 Å². The van der Waals surface area contributed by atoms with E-state index in [2.05, 4.69) is 84.5 Å². The van der Waals surface area contributed by atoms with E-state index >= 15 is 0 Å². The van der Waals surface area contributed by atoms with Gasteiger partial charge in [-0.1, -0.05) is 67.0 Å². The molecular formula is C22H28BrNO. The van der Waals surface area contributed by atoms with Gasteiger partial charge >= 0.3 is 0 Å². The molecule has 0 fully saturated rings. The zero-order chi connectivity index (χ0) is 18.1. The van der Waals surface area contributed by atoms with Crippen LogP contribution in [-0.2, 0) is 24.8 Å². The highest BCUT2D eigenvalue weighted by atomic mass is 79.9. The molecule has 134 valence electrons. The lowest BCUT2D eigenvalue weighted by molar-refractivity contribution is 0.143. The second kappa shape index (κ2) is 7.22. The number of aliphatic hydroxyl groups is 1. The van der Waals surface area contributed by atoms with Crippen LogP contribution >= 0.6 is 15.9 Å². The molecule has 1 aliphatic carbocycles. The van der Waals surface area contributed by atoms with Crippen molar-refractivity contribution in [3.63, 3.8) is 0 Å². The molecule has 2 nitrogen and oxygen atoms in total. The van der Waals surface area contributed by atoms with Crippen molar-refractivity contribution >= 4 is 15.9 Å². The number of aryl methyl sites for hydroxylation is 1. The Bertz CT molecular complexity index is 750. The van der Waals surface area contributed by atoms with Crippen LogP contribution < -0.4 is 5.32 Å². The van der Waals surface area contributed by atoms with Crippen LogP contribution in [0.25, 0.3) is 0 Å². The summed E-state index contributed by atoms with van der Waals surface area (Å²) in [5.41, 5.74) is 5.31. The molecule has 0 aliphatic heterocycles. The van der Waals surface area contributed by atoms with E-state index in [4.69, 9.17) is 0 Å². The summed E-state index contributed by atoms with van der Waals surface area (Å²) in [7, 11) is 0. The summed E-state index contributed by atoms with van der Waals surface area (Å²) in [6.45, 7) is 7.68.